The van der Waals surface area contributed by atoms with Crippen LogP contribution in [0.2, 0.25) is 0 Å². The summed E-state index contributed by atoms with van der Waals surface area (Å²) >= 11 is 3.47. The van der Waals surface area contributed by atoms with Crippen molar-refractivity contribution in [2.45, 2.75) is 57.0 Å². The summed E-state index contributed by atoms with van der Waals surface area (Å²) in [6, 6.07) is 8.85. The summed E-state index contributed by atoms with van der Waals surface area (Å²) in [6.45, 7) is 0. The van der Waals surface area contributed by atoms with Gasteiger partial charge in [-0.2, -0.15) is 0 Å². The van der Waals surface area contributed by atoms with Crippen LogP contribution < -0.4 is 10.6 Å². The van der Waals surface area contributed by atoms with E-state index in [9.17, 15) is 4.79 Å². The van der Waals surface area contributed by atoms with E-state index < -0.39 is 0 Å². The van der Waals surface area contributed by atoms with E-state index in [-0.39, 0.29) is 12.1 Å². The molecule has 3 nitrogen and oxygen atoms in total. The van der Waals surface area contributed by atoms with Gasteiger partial charge in [0.15, 0.2) is 0 Å². The maximum Gasteiger partial charge on any atom is 0.315 e. The number of halogens is 1. The second-order valence-electron chi connectivity index (χ2n) is 6.32. The first-order chi connectivity index (χ1) is 10.2. The average Bonchev–Trinajstić information content (AvgIpc) is 2.89. The van der Waals surface area contributed by atoms with Crippen molar-refractivity contribution in [3.63, 3.8) is 0 Å². The van der Waals surface area contributed by atoms with Crippen molar-refractivity contribution in [2.75, 3.05) is 0 Å². The zero-order valence-electron chi connectivity index (χ0n) is 12.3. The molecule has 2 N–H and O–H groups in total. The quantitative estimate of drug-likeness (QED) is 0.822. The van der Waals surface area contributed by atoms with Crippen molar-refractivity contribution < 1.29 is 4.79 Å². The van der Waals surface area contributed by atoms with Gasteiger partial charge in [-0.05, 0) is 49.3 Å². The normalized spacial score (nSPS) is 20.8. The number of amides is 2. The summed E-state index contributed by atoms with van der Waals surface area (Å²) in [5.74, 6) is 0.584. The zero-order chi connectivity index (χ0) is 14.7. The molecule has 1 unspecified atom stereocenters. The van der Waals surface area contributed by atoms with Crippen molar-refractivity contribution in [1.82, 2.24) is 10.6 Å². The molecule has 114 valence electrons. The van der Waals surface area contributed by atoms with Gasteiger partial charge >= 0.3 is 6.03 Å². The molecule has 4 heteroatoms. The lowest BCUT2D eigenvalue weighted by atomic mass is 9.77. The Morgan fingerprint density at radius 1 is 1.05 bits per heavy atom. The molecule has 0 bridgehead atoms. The molecule has 0 aliphatic heterocycles. The van der Waals surface area contributed by atoms with Crippen LogP contribution in [0.5, 0.6) is 0 Å². The van der Waals surface area contributed by atoms with Gasteiger partial charge in [0.05, 0.1) is 6.04 Å². The van der Waals surface area contributed by atoms with E-state index in [1.807, 2.05) is 0 Å². The van der Waals surface area contributed by atoms with Crippen LogP contribution in [0, 0.1) is 5.92 Å². The fourth-order valence-electron chi connectivity index (χ4n) is 3.36. The van der Waals surface area contributed by atoms with E-state index in [4.69, 9.17) is 0 Å². The summed E-state index contributed by atoms with van der Waals surface area (Å²) in [5.41, 5.74) is 1.21. The summed E-state index contributed by atoms with van der Waals surface area (Å²) in [6.07, 6.45) is 8.44. The van der Waals surface area contributed by atoms with Gasteiger partial charge in [-0.25, -0.2) is 4.79 Å². The maximum absolute atomic E-state index is 12.3. The van der Waals surface area contributed by atoms with Crippen LogP contribution in [0.4, 0.5) is 4.79 Å². The van der Waals surface area contributed by atoms with Crippen LogP contribution >= 0.6 is 15.9 Å². The fraction of sp³-hybridized carbons (Fsp3) is 0.588. The smallest absolute Gasteiger partial charge is 0.315 e. The Bertz CT molecular complexity index is 478. The molecule has 0 saturated heterocycles. The molecule has 1 aromatic rings. The molecule has 0 aromatic heterocycles. The maximum atomic E-state index is 12.3. The van der Waals surface area contributed by atoms with E-state index in [2.05, 4.69) is 50.8 Å². The Kier molecular flexibility index (Phi) is 4.84. The van der Waals surface area contributed by atoms with Crippen LogP contribution in [-0.2, 0) is 0 Å². The molecule has 3 rings (SSSR count). The molecule has 2 fully saturated rings. The Morgan fingerprint density at radius 3 is 2.29 bits per heavy atom. The molecular weight excluding hydrogens is 328 g/mol. The number of hydrogen-bond donors (Lipinski definition) is 2. The van der Waals surface area contributed by atoms with E-state index in [0.29, 0.717) is 12.0 Å². The van der Waals surface area contributed by atoms with Crippen molar-refractivity contribution in [3.05, 3.63) is 34.3 Å². The van der Waals surface area contributed by atoms with Gasteiger partial charge in [0.2, 0.25) is 0 Å². The minimum atomic E-state index is 0.00159. The molecule has 21 heavy (non-hydrogen) atoms. The van der Waals surface area contributed by atoms with Crippen molar-refractivity contribution in [2.24, 2.45) is 5.92 Å². The lowest BCUT2D eigenvalue weighted by molar-refractivity contribution is 0.205. The van der Waals surface area contributed by atoms with Crippen LogP contribution in [0.1, 0.15) is 56.6 Å². The predicted octanol–water partition coefficient (Wildman–Crippen LogP) is 4.53. The summed E-state index contributed by atoms with van der Waals surface area (Å²) < 4.78 is 1.08. The first-order valence-electron chi connectivity index (χ1n) is 8.05. The Morgan fingerprint density at radius 2 is 1.71 bits per heavy atom. The molecule has 2 aliphatic carbocycles. The van der Waals surface area contributed by atoms with Crippen LogP contribution in [0.3, 0.4) is 0 Å². The molecule has 2 saturated carbocycles. The van der Waals surface area contributed by atoms with Crippen LogP contribution in [0.25, 0.3) is 0 Å². The molecule has 0 radical (unpaired) electrons. The molecule has 0 spiro atoms. The third-order valence-electron chi connectivity index (χ3n) is 4.83. The Labute approximate surface area is 135 Å². The van der Waals surface area contributed by atoms with E-state index >= 15 is 0 Å². The number of benzene rings is 1. The van der Waals surface area contributed by atoms with Crippen molar-refractivity contribution >= 4 is 22.0 Å². The second kappa shape index (κ2) is 6.82. The Hall–Kier alpha value is -1.03. The Balaban J connectivity index is 1.64. The van der Waals surface area contributed by atoms with Crippen molar-refractivity contribution in [1.29, 1.82) is 0 Å². The van der Waals surface area contributed by atoms with Gasteiger partial charge in [0, 0.05) is 10.5 Å². The number of hydrogen-bond acceptors (Lipinski definition) is 1. The summed E-state index contributed by atoms with van der Waals surface area (Å²) in [4.78, 5) is 12.3. The summed E-state index contributed by atoms with van der Waals surface area (Å²) in [7, 11) is 0. The number of carbonyl (C=O) groups excluding carboxylic acids is 1. The topological polar surface area (TPSA) is 41.1 Å². The first-order valence-corrected chi connectivity index (χ1v) is 8.84. The highest BCUT2D eigenvalue weighted by atomic mass is 79.9. The largest absolute Gasteiger partial charge is 0.335 e. The van der Waals surface area contributed by atoms with Crippen LogP contribution in [-0.4, -0.2) is 12.1 Å². The lowest BCUT2D eigenvalue weighted by Crippen LogP contribution is -2.45. The molecule has 0 heterocycles. The van der Waals surface area contributed by atoms with Gasteiger partial charge in [-0.15, -0.1) is 0 Å². The average molecular weight is 351 g/mol. The minimum absolute atomic E-state index is 0.00159. The van der Waals surface area contributed by atoms with Gasteiger partial charge in [0.25, 0.3) is 0 Å². The molecule has 1 atom stereocenters. The SMILES string of the molecule is O=C(NC1CCCC1)NC(c1ccc(Br)cc1)C1CCC1. The predicted molar refractivity (Wildman–Crippen MR) is 88.1 cm³/mol. The van der Waals surface area contributed by atoms with Gasteiger partial charge < -0.3 is 10.6 Å². The zero-order valence-corrected chi connectivity index (χ0v) is 13.9. The highest BCUT2D eigenvalue weighted by molar-refractivity contribution is 9.10. The number of rotatable bonds is 4. The third-order valence-corrected chi connectivity index (χ3v) is 5.36. The highest BCUT2D eigenvalue weighted by Crippen LogP contribution is 2.38. The molecule has 1 aromatic carbocycles. The van der Waals surface area contributed by atoms with E-state index in [0.717, 1.165) is 17.3 Å². The number of nitrogens with one attached hydrogen (secondary N) is 2. The highest BCUT2D eigenvalue weighted by Gasteiger charge is 2.30. The monoisotopic (exact) mass is 350 g/mol. The number of urea groups is 1. The van der Waals surface area contributed by atoms with E-state index in [1.54, 1.807) is 0 Å². The van der Waals surface area contributed by atoms with Crippen molar-refractivity contribution in [3.8, 4) is 0 Å². The standard InChI is InChI=1S/C17H23BrN2O/c18-14-10-8-13(9-11-14)16(12-4-3-5-12)20-17(21)19-15-6-1-2-7-15/h8-12,15-16H,1-7H2,(H2,19,20,21). The van der Waals surface area contributed by atoms with Crippen LogP contribution in [0.15, 0.2) is 28.7 Å². The minimum Gasteiger partial charge on any atom is -0.335 e. The first kappa shape index (κ1) is 14.9. The van der Waals surface area contributed by atoms with E-state index in [1.165, 1.54) is 37.7 Å². The molecule has 2 aliphatic rings. The molecule has 2 amide bonds. The lowest BCUT2D eigenvalue weighted by Gasteiger charge is -2.35. The third kappa shape index (κ3) is 3.79. The van der Waals surface area contributed by atoms with Gasteiger partial charge in [-0.1, -0.05) is 47.3 Å². The van der Waals surface area contributed by atoms with Gasteiger partial charge in [-0.3, -0.25) is 0 Å². The van der Waals surface area contributed by atoms with Gasteiger partial charge in [0.1, 0.15) is 0 Å². The number of carbonyl (C=O) groups is 1. The fourth-order valence-corrected chi connectivity index (χ4v) is 3.62. The molecular formula is C17H23BrN2O. The summed E-state index contributed by atoms with van der Waals surface area (Å²) in [5, 5.41) is 6.35. The second-order valence-corrected chi connectivity index (χ2v) is 7.24.